The third-order valence-corrected chi connectivity index (χ3v) is 5.73. The molecule has 2 fully saturated rings. The molecule has 0 aliphatic carbocycles. The zero-order chi connectivity index (χ0) is 18.9. The largest absolute Gasteiger partial charge is 0.498 e. The number of hydrogen-bond donors (Lipinski definition) is 1. The number of rotatable bonds is 5. The summed E-state index contributed by atoms with van der Waals surface area (Å²) < 4.78 is 12.0. The van der Waals surface area contributed by atoms with Crippen molar-refractivity contribution in [2.75, 3.05) is 24.3 Å². The van der Waals surface area contributed by atoms with Crippen molar-refractivity contribution >= 4 is 36.0 Å². The average Bonchev–Trinajstić information content (AvgIpc) is 3.15. The fourth-order valence-electron chi connectivity index (χ4n) is 3.19. The van der Waals surface area contributed by atoms with Crippen molar-refractivity contribution in [3.8, 4) is 0 Å². The van der Waals surface area contributed by atoms with Crippen LogP contribution >= 0.6 is 11.6 Å². The second-order valence-electron chi connectivity index (χ2n) is 7.83. The number of carbonyl (C=O) groups is 1. The van der Waals surface area contributed by atoms with E-state index in [9.17, 15) is 4.79 Å². The molecule has 0 radical (unpaired) electrons. The monoisotopic (exact) mass is 380 g/mol. The summed E-state index contributed by atoms with van der Waals surface area (Å²) in [5, 5.41) is 3.21. The van der Waals surface area contributed by atoms with Gasteiger partial charge in [0, 0.05) is 37.0 Å². The van der Waals surface area contributed by atoms with E-state index in [2.05, 4.69) is 15.3 Å². The average molecular weight is 381 g/mol. The van der Waals surface area contributed by atoms with Crippen molar-refractivity contribution in [2.45, 2.75) is 57.8 Å². The fourth-order valence-corrected chi connectivity index (χ4v) is 3.35. The standard InChI is InChI=1S/C17H26BClN4O3/c1-16(2)17(3,4)26-18(25-16)12-9-20-15(21-10-12)22-11-13-6-5-7-23(13)14(24)8-19/h9-10,13H,5-8,11H2,1-4H3,(H,20,21,22)/t13-/m1/s1. The maximum absolute atomic E-state index is 11.8. The molecule has 1 N–H and O–H groups in total. The summed E-state index contributed by atoms with van der Waals surface area (Å²) in [6.07, 6.45) is 5.39. The predicted molar refractivity (Wildman–Crippen MR) is 102 cm³/mol. The van der Waals surface area contributed by atoms with Crippen molar-refractivity contribution in [2.24, 2.45) is 0 Å². The number of halogens is 1. The second-order valence-corrected chi connectivity index (χ2v) is 8.09. The molecule has 1 aromatic heterocycles. The summed E-state index contributed by atoms with van der Waals surface area (Å²) in [7, 11) is -0.472. The molecule has 142 valence electrons. The van der Waals surface area contributed by atoms with Gasteiger partial charge in [-0.1, -0.05) is 0 Å². The molecule has 3 heterocycles. The van der Waals surface area contributed by atoms with Gasteiger partial charge < -0.3 is 19.5 Å². The van der Waals surface area contributed by atoms with Crippen LogP contribution in [0, 0.1) is 0 Å². The maximum Gasteiger partial charge on any atom is 0.498 e. The lowest BCUT2D eigenvalue weighted by Crippen LogP contribution is -2.41. The van der Waals surface area contributed by atoms with E-state index in [0.717, 1.165) is 24.8 Å². The molecule has 0 unspecified atom stereocenters. The lowest BCUT2D eigenvalue weighted by atomic mass is 9.81. The number of aromatic nitrogens is 2. The molecular weight excluding hydrogens is 354 g/mol. The minimum Gasteiger partial charge on any atom is -0.399 e. The summed E-state index contributed by atoms with van der Waals surface area (Å²) in [6, 6.07) is 0.132. The minimum atomic E-state index is -0.472. The molecule has 0 aromatic carbocycles. The number of hydrogen-bond acceptors (Lipinski definition) is 6. The number of carbonyl (C=O) groups excluding carboxylic acids is 1. The van der Waals surface area contributed by atoms with Gasteiger partial charge in [0.05, 0.1) is 11.2 Å². The van der Waals surface area contributed by atoms with Gasteiger partial charge in [-0.15, -0.1) is 11.6 Å². The highest BCUT2D eigenvalue weighted by molar-refractivity contribution is 6.61. The van der Waals surface area contributed by atoms with E-state index in [1.165, 1.54) is 0 Å². The van der Waals surface area contributed by atoms with Gasteiger partial charge in [0.15, 0.2) is 0 Å². The highest BCUT2D eigenvalue weighted by Gasteiger charge is 2.51. The van der Waals surface area contributed by atoms with Gasteiger partial charge in [0.25, 0.3) is 0 Å². The van der Waals surface area contributed by atoms with Crippen LogP contribution in [0.4, 0.5) is 5.95 Å². The molecule has 0 bridgehead atoms. The highest BCUT2D eigenvalue weighted by Crippen LogP contribution is 2.36. The number of likely N-dealkylation sites (tertiary alicyclic amines) is 1. The van der Waals surface area contributed by atoms with Crippen molar-refractivity contribution in [3.63, 3.8) is 0 Å². The second kappa shape index (κ2) is 7.33. The number of anilines is 1. The summed E-state index contributed by atoms with van der Waals surface area (Å²) in [5.41, 5.74) is -0.000629. The third-order valence-electron chi connectivity index (χ3n) is 5.50. The van der Waals surface area contributed by atoms with E-state index in [0.29, 0.717) is 12.5 Å². The van der Waals surface area contributed by atoms with E-state index in [4.69, 9.17) is 20.9 Å². The molecular formula is C17H26BClN4O3. The third kappa shape index (κ3) is 3.82. The zero-order valence-electron chi connectivity index (χ0n) is 15.8. The number of amides is 1. The number of nitrogens with one attached hydrogen (secondary N) is 1. The summed E-state index contributed by atoms with van der Waals surface area (Å²) in [6.45, 7) is 9.43. The van der Waals surface area contributed by atoms with Crippen LogP contribution in [0.2, 0.25) is 0 Å². The Morgan fingerprint density at radius 2 is 1.92 bits per heavy atom. The molecule has 1 atom stereocenters. The van der Waals surface area contributed by atoms with Gasteiger partial charge in [-0.3, -0.25) is 4.79 Å². The van der Waals surface area contributed by atoms with Gasteiger partial charge in [0.1, 0.15) is 5.88 Å². The Labute approximate surface area is 159 Å². The summed E-state index contributed by atoms with van der Waals surface area (Å²) in [4.78, 5) is 22.4. The SMILES string of the molecule is CC1(C)OB(c2cnc(NC[C@H]3CCCN3C(=O)CCl)nc2)OC1(C)C. The van der Waals surface area contributed by atoms with Crippen LogP contribution in [0.15, 0.2) is 12.4 Å². The Morgan fingerprint density at radius 3 is 2.50 bits per heavy atom. The number of alkyl halides is 1. The smallest absolute Gasteiger partial charge is 0.399 e. The first-order chi connectivity index (χ1) is 12.2. The lowest BCUT2D eigenvalue weighted by Gasteiger charge is -2.32. The Balaban J connectivity index is 1.58. The number of nitrogens with zero attached hydrogens (tertiary/aromatic N) is 3. The predicted octanol–water partition coefficient (Wildman–Crippen LogP) is 1.42. The Morgan fingerprint density at radius 1 is 1.31 bits per heavy atom. The van der Waals surface area contributed by atoms with Crippen LogP contribution in [0.5, 0.6) is 0 Å². The maximum atomic E-state index is 11.8. The van der Waals surface area contributed by atoms with Gasteiger partial charge in [0.2, 0.25) is 11.9 Å². The zero-order valence-corrected chi connectivity index (χ0v) is 16.5. The topological polar surface area (TPSA) is 76.6 Å². The molecule has 1 aromatic rings. The van der Waals surface area contributed by atoms with E-state index in [-0.39, 0.29) is 17.8 Å². The Bertz CT molecular complexity index is 640. The molecule has 0 spiro atoms. The van der Waals surface area contributed by atoms with Crippen molar-refractivity contribution < 1.29 is 14.1 Å². The van der Waals surface area contributed by atoms with Gasteiger partial charge in [-0.2, -0.15) is 0 Å². The normalized spacial score (nSPS) is 24.1. The summed E-state index contributed by atoms with van der Waals surface area (Å²) >= 11 is 5.67. The first-order valence-corrected chi connectivity index (χ1v) is 9.54. The van der Waals surface area contributed by atoms with E-state index < -0.39 is 18.3 Å². The van der Waals surface area contributed by atoms with Crippen molar-refractivity contribution in [3.05, 3.63) is 12.4 Å². The molecule has 3 rings (SSSR count). The molecule has 0 saturated carbocycles. The van der Waals surface area contributed by atoms with E-state index >= 15 is 0 Å². The van der Waals surface area contributed by atoms with Gasteiger partial charge in [-0.05, 0) is 40.5 Å². The van der Waals surface area contributed by atoms with Crippen LogP contribution in [-0.2, 0) is 14.1 Å². The van der Waals surface area contributed by atoms with Gasteiger partial charge in [-0.25, -0.2) is 9.97 Å². The molecule has 2 aliphatic rings. The van der Waals surface area contributed by atoms with Crippen LogP contribution in [0.25, 0.3) is 0 Å². The quantitative estimate of drug-likeness (QED) is 0.615. The molecule has 26 heavy (non-hydrogen) atoms. The Hall–Kier alpha value is -1.38. The minimum absolute atomic E-state index is 0.0204. The molecule has 2 saturated heterocycles. The molecule has 7 nitrogen and oxygen atoms in total. The molecule has 1 amide bonds. The van der Waals surface area contributed by atoms with Crippen molar-refractivity contribution in [1.82, 2.24) is 14.9 Å². The Kier molecular flexibility index (Phi) is 5.46. The van der Waals surface area contributed by atoms with Crippen LogP contribution < -0.4 is 10.8 Å². The van der Waals surface area contributed by atoms with Crippen LogP contribution in [-0.4, -0.2) is 64.1 Å². The van der Waals surface area contributed by atoms with Crippen LogP contribution in [0.3, 0.4) is 0 Å². The highest BCUT2D eigenvalue weighted by atomic mass is 35.5. The van der Waals surface area contributed by atoms with E-state index in [1.54, 1.807) is 12.4 Å². The molecule has 2 aliphatic heterocycles. The van der Waals surface area contributed by atoms with Crippen molar-refractivity contribution in [1.29, 1.82) is 0 Å². The first kappa shape index (κ1) is 19.4. The summed E-state index contributed by atoms with van der Waals surface area (Å²) in [5.74, 6) is 0.527. The fraction of sp³-hybridized carbons (Fsp3) is 0.706. The lowest BCUT2D eigenvalue weighted by molar-refractivity contribution is -0.129. The first-order valence-electron chi connectivity index (χ1n) is 9.00. The molecule has 9 heteroatoms. The van der Waals surface area contributed by atoms with Crippen LogP contribution in [0.1, 0.15) is 40.5 Å². The van der Waals surface area contributed by atoms with E-state index in [1.807, 2.05) is 32.6 Å². The van der Waals surface area contributed by atoms with Gasteiger partial charge >= 0.3 is 7.12 Å².